The van der Waals surface area contributed by atoms with Crippen molar-refractivity contribution in [1.29, 1.82) is 5.26 Å². The number of methoxy groups -OCH3 is 2. The molecule has 21 nitrogen and oxygen atoms in total. The number of nitrogens with one attached hydrogen (secondary N) is 2. The van der Waals surface area contributed by atoms with Crippen LogP contribution < -0.4 is 31.7 Å². The first-order valence-corrected chi connectivity index (χ1v) is 25.3. The largest absolute Gasteiger partial charge is 0.497 e. The van der Waals surface area contributed by atoms with Crippen LogP contribution in [0.4, 0.5) is 5.82 Å². The molecule has 5 N–H and O–H groups in total. The van der Waals surface area contributed by atoms with Gasteiger partial charge in [-0.2, -0.15) is 10.2 Å². The summed E-state index contributed by atoms with van der Waals surface area (Å²) < 4.78 is 50.7. The van der Waals surface area contributed by atoms with Crippen LogP contribution in [-0.4, -0.2) is 98.2 Å². The van der Waals surface area contributed by atoms with E-state index in [1.54, 1.807) is 54.6 Å². The van der Waals surface area contributed by atoms with E-state index in [9.17, 15) is 39.8 Å². The van der Waals surface area contributed by atoms with Gasteiger partial charge < -0.3 is 48.8 Å². The summed E-state index contributed by atoms with van der Waals surface area (Å²) in [5.41, 5.74) is -1.47. The molecule has 73 heavy (non-hydrogen) atoms. The molecule has 2 saturated heterocycles. The highest BCUT2D eigenvalue weighted by molar-refractivity contribution is 8.07. The van der Waals surface area contributed by atoms with Crippen molar-refractivity contribution < 1.29 is 57.4 Å². The number of nitrogens with zero attached hydrogens (tertiary/aromatic N) is 4. The third kappa shape index (κ3) is 11.6. The molecule has 0 spiro atoms. The van der Waals surface area contributed by atoms with E-state index < -0.39 is 97.6 Å². The van der Waals surface area contributed by atoms with Gasteiger partial charge in [-0.15, -0.1) is 0 Å². The Hall–Kier alpha value is -6.71. The van der Waals surface area contributed by atoms with Crippen LogP contribution in [0.2, 0.25) is 0 Å². The summed E-state index contributed by atoms with van der Waals surface area (Å²) >= 11 is 5.86. The molecule has 0 bridgehead atoms. The van der Waals surface area contributed by atoms with Gasteiger partial charge in [0, 0.05) is 29.9 Å². The summed E-state index contributed by atoms with van der Waals surface area (Å²) in [6.45, 7) is -4.01. The minimum atomic E-state index is -4.53. The number of H-pyrrole nitrogens is 1. The van der Waals surface area contributed by atoms with E-state index in [-0.39, 0.29) is 24.2 Å². The Kier molecular flexibility index (Phi) is 16.3. The number of carbonyl (C=O) groups excluding carboxylic acids is 1. The molecule has 0 radical (unpaired) electrons. The number of hydrogen-bond acceptors (Lipinski definition) is 18. The van der Waals surface area contributed by atoms with Crippen LogP contribution >= 0.6 is 6.72 Å². The molecule has 0 aliphatic carbocycles. The number of carbonyl (C=O) groups is 1. The van der Waals surface area contributed by atoms with Crippen molar-refractivity contribution in [3.05, 3.63) is 187 Å². The maximum absolute atomic E-state index is 13.9. The van der Waals surface area contributed by atoms with Crippen molar-refractivity contribution in [3.8, 4) is 17.6 Å². The quantitative estimate of drug-likeness (QED) is 0.0304. The summed E-state index contributed by atoms with van der Waals surface area (Å²) in [7, 11) is 3.07. The molecule has 2 aliphatic rings. The van der Waals surface area contributed by atoms with E-state index in [0.717, 1.165) is 9.13 Å². The highest BCUT2D eigenvalue weighted by Crippen LogP contribution is 2.58. The van der Waals surface area contributed by atoms with E-state index in [0.29, 0.717) is 33.8 Å². The number of aryl methyl sites for hydroxylation is 1. The number of hydrogen-bond donors (Lipinski definition) is 5. The van der Waals surface area contributed by atoms with Crippen molar-refractivity contribution in [2.45, 2.75) is 74.6 Å². The van der Waals surface area contributed by atoms with Crippen LogP contribution in [0, 0.1) is 18.3 Å². The predicted molar refractivity (Wildman–Crippen MR) is 264 cm³/mol. The van der Waals surface area contributed by atoms with Crippen LogP contribution in [0.1, 0.15) is 64.3 Å². The van der Waals surface area contributed by atoms with Gasteiger partial charge in [0.1, 0.15) is 47.6 Å². The molecular formula is C50H51N6O15PS. The van der Waals surface area contributed by atoms with E-state index in [2.05, 4.69) is 15.3 Å². The monoisotopic (exact) mass is 1040 g/mol. The van der Waals surface area contributed by atoms with Gasteiger partial charge in [0.25, 0.3) is 11.5 Å². The Labute approximate surface area is 422 Å². The van der Waals surface area contributed by atoms with Crippen molar-refractivity contribution >= 4 is 30.3 Å². The normalized spacial score (nSPS) is 22.0. The fraction of sp³-hybridized carbons (Fsp3) is 0.320. The maximum Gasteiger partial charge on any atom is 0.351 e. The van der Waals surface area contributed by atoms with Crippen molar-refractivity contribution in [3.63, 3.8) is 0 Å². The molecule has 4 heterocycles. The third-order valence-electron chi connectivity index (χ3n) is 12.2. The van der Waals surface area contributed by atoms with E-state index >= 15 is 0 Å². The molecule has 2 aromatic heterocycles. The van der Waals surface area contributed by atoms with E-state index in [1.165, 1.54) is 39.6 Å². The van der Waals surface area contributed by atoms with Crippen molar-refractivity contribution in [2.24, 2.45) is 0 Å². The lowest BCUT2D eigenvalue weighted by atomic mass is 9.80. The number of aromatic nitrogens is 4. The van der Waals surface area contributed by atoms with Gasteiger partial charge in [-0.05, 0) is 77.9 Å². The summed E-state index contributed by atoms with van der Waals surface area (Å²) in [5, 5.41) is 47.8. The Balaban J connectivity index is 1.16. The number of aliphatic hydroxyl groups excluding tert-OH is 2. The number of aromatic amines is 1. The van der Waals surface area contributed by atoms with Gasteiger partial charge in [0.2, 0.25) is 5.79 Å². The molecule has 6 aromatic rings. The highest BCUT2D eigenvalue weighted by atomic mass is 32.5. The first-order chi connectivity index (χ1) is 35.1. The minimum Gasteiger partial charge on any atom is -0.497 e. The lowest BCUT2D eigenvalue weighted by Gasteiger charge is -2.39. The SMILES string of the molecule is COc1ccc(C(OC[C@H]2O[C@@H](n3ccc(NC(=O)c4ccccc4)nc3=O)C[C@]2(O)OP(=S)(OCCC#N)OC(O)[C@H]2O[C@@H](n3cc(C)c(=O)[nH]c3=O)C[C@@H]2O)(c2ccccc2)c2ccc(OC)cc2)cc1. The minimum absolute atomic E-state index is 0.0750. The second-order valence-electron chi connectivity index (χ2n) is 16.9. The van der Waals surface area contributed by atoms with E-state index in [1.807, 2.05) is 60.7 Å². The summed E-state index contributed by atoms with van der Waals surface area (Å²) in [5.74, 6) is -2.09. The van der Waals surface area contributed by atoms with Gasteiger partial charge in [-0.1, -0.05) is 72.8 Å². The number of benzene rings is 4. The number of anilines is 1. The molecule has 0 saturated carbocycles. The zero-order valence-corrected chi connectivity index (χ0v) is 41.2. The molecule has 2 aliphatic heterocycles. The average molecular weight is 1040 g/mol. The topological polar surface area (TPSA) is 277 Å². The summed E-state index contributed by atoms with van der Waals surface area (Å²) in [4.78, 5) is 57.9. The zero-order valence-electron chi connectivity index (χ0n) is 39.5. The van der Waals surface area contributed by atoms with Crippen LogP contribution in [0.15, 0.2) is 142 Å². The Bertz CT molecular complexity index is 3110. The van der Waals surface area contributed by atoms with Crippen molar-refractivity contribution in [1.82, 2.24) is 19.1 Å². The zero-order chi connectivity index (χ0) is 51.9. The maximum atomic E-state index is 13.9. The number of nitriles is 1. The molecule has 2 unspecified atom stereocenters. The van der Waals surface area contributed by atoms with Gasteiger partial charge in [0.05, 0.1) is 52.4 Å². The lowest BCUT2D eigenvalue weighted by Crippen LogP contribution is -2.46. The fourth-order valence-corrected chi connectivity index (χ4v) is 10.8. The van der Waals surface area contributed by atoms with Crippen molar-refractivity contribution in [2.75, 3.05) is 32.8 Å². The number of ether oxygens (including phenoxy) is 5. The van der Waals surface area contributed by atoms with Gasteiger partial charge in [-0.25, -0.2) is 9.59 Å². The fourth-order valence-electron chi connectivity index (χ4n) is 8.48. The first kappa shape index (κ1) is 52.6. The van der Waals surface area contributed by atoms with Crippen LogP contribution in [0.5, 0.6) is 11.5 Å². The number of aliphatic hydroxyl groups is 3. The standard InChI is InChI=1S/C50H51N6O15PS/c1-31-29-56(48(62)54-44(31)58)41-27-38(57)43(69-41)46(60)70-72(73,67-26-10-24-51)71-49(63)28-42(55-25-23-40(53-47(55)61)52-45(59)32-11-6-4-7-12-32)68-39(49)30-66-50(33-13-8-5-9-14-33,34-15-19-36(64-2)20-16-34)35-17-21-37(65-3)22-18-35/h4-9,11-23,25,29,38-39,41-43,46,57,60,63H,10,26-28,30H2,1-3H3,(H,54,58,62)(H,52,53,59,61)/t38-,39+,41+,42+,43-,46?,49-,72?/m0/s1. The molecule has 4 aromatic carbocycles. The highest BCUT2D eigenvalue weighted by Gasteiger charge is 2.55. The molecule has 2 fully saturated rings. The molecule has 1 amide bonds. The smallest absolute Gasteiger partial charge is 0.351 e. The van der Waals surface area contributed by atoms with Crippen LogP contribution in [-0.2, 0) is 45.2 Å². The molecule has 382 valence electrons. The lowest BCUT2D eigenvalue weighted by molar-refractivity contribution is -0.213. The summed E-state index contributed by atoms with van der Waals surface area (Å²) in [6.07, 6.45) is -7.89. The Morgan fingerprint density at radius 3 is 2.15 bits per heavy atom. The summed E-state index contributed by atoms with van der Waals surface area (Å²) in [6, 6.07) is 35.1. The Morgan fingerprint density at radius 2 is 1.55 bits per heavy atom. The molecule has 23 heteroatoms. The average Bonchev–Trinajstić information content (AvgIpc) is 3.94. The second kappa shape index (κ2) is 22.6. The first-order valence-electron chi connectivity index (χ1n) is 22.7. The second-order valence-corrected chi connectivity index (χ2v) is 19.8. The number of amides is 1. The third-order valence-corrected chi connectivity index (χ3v) is 14.5. The van der Waals surface area contributed by atoms with Crippen LogP contribution in [0.25, 0.3) is 0 Å². The predicted octanol–water partition coefficient (Wildman–Crippen LogP) is 4.51. The molecule has 8 rings (SSSR count). The van der Waals surface area contributed by atoms with Gasteiger partial charge >= 0.3 is 18.1 Å². The van der Waals surface area contributed by atoms with Crippen LogP contribution in [0.3, 0.4) is 0 Å². The van der Waals surface area contributed by atoms with Gasteiger partial charge in [-0.3, -0.25) is 32.8 Å². The molecular weight excluding hydrogens is 988 g/mol. The Morgan fingerprint density at radius 1 is 0.932 bits per heavy atom. The van der Waals surface area contributed by atoms with Gasteiger partial charge in [0.15, 0.2) is 6.29 Å². The van der Waals surface area contributed by atoms with E-state index in [4.69, 9.17) is 49.1 Å². The molecule has 8 atom stereocenters. The number of rotatable bonds is 20.